The van der Waals surface area contributed by atoms with Crippen LogP contribution in [0.15, 0.2) is 90.8 Å². The molecule has 6 atom stereocenters. The van der Waals surface area contributed by atoms with Crippen molar-refractivity contribution in [3.63, 3.8) is 0 Å². The first-order chi connectivity index (χ1) is 31.5. The molecular weight excluding hydrogens is 829 g/mol. The number of methoxy groups -OCH3 is 3. The number of aromatic amines is 2. The Hall–Kier alpha value is -7.20. The highest BCUT2D eigenvalue weighted by Gasteiger charge is 2.50. The van der Waals surface area contributed by atoms with Gasteiger partial charge in [0.15, 0.2) is 0 Å². The highest BCUT2D eigenvalue weighted by Crippen LogP contribution is 2.52. The summed E-state index contributed by atoms with van der Waals surface area (Å²) < 4.78 is 21.7. The van der Waals surface area contributed by atoms with Crippen molar-refractivity contribution >= 4 is 45.8 Å². The molecule has 6 aromatic rings. The van der Waals surface area contributed by atoms with Crippen LogP contribution in [0, 0.1) is 17.8 Å². The molecule has 1 aliphatic carbocycles. The summed E-state index contributed by atoms with van der Waals surface area (Å²) in [5, 5.41) is 7.51. The third-order valence-corrected chi connectivity index (χ3v) is 13.1. The normalized spacial score (nSPS) is 20.4. The van der Waals surface area contributed by atoms with Gasteiger partial charge < -0.3 is 49.3 Å². The van der Waals surface area contributed by atoms with Gasteiger partial charge in [0, 0.05) is 47.7 Å². The molecule has 5 heterocycles. The molecule has 0 saturated carbocycles. The van der Waals surface area contributed by atoms with Crippen molar-refractivity contribution < 1.29 is 38.1 Å². The Kier molecular flexibility index (Phi) is 10.8. The van der Waals surface area contributed by atoms with Crippen LogP contribution >= 0.6 is 0 Å². The van der Waals surface area contributed by atoms with Crippen molar-refractivity contribution in [1.82, 2.24) is 40.4 Å². The second-order valence-corrected chi connectivity index (χ2v) is 17.6. The number of H-pyrrole nitrogens is 2. The number of nitrogens with zero attached hydrogens (tertiary/aromatic N) is 4. The number of likely N-dealkylation sites (tertiary alicyclic amines) is 2. The Balaban J connectivity index is 0.909. The van der Waals surface area contributed by atoms with E-state index in [0.29, 0.717) is 43.4 Å². The number of hydrogen-bond acceptors (Lipinski definition) is 10. The summed E-state index contributed by atoms with van der Waals surface area (Å²) in [4.78, 5) is 73.4. The summed E-state index contributed by atoms with van der Waals surface area (Å²) >= 11 is 0. The molecule has 3 aliphatic heterocycles. The summed E-state index contributed by atoms with van der Waals surface area (Å²) in [6.07, 6.45) is 3.88. The van der Waals surface area contributed by atoms with Gasteiger partial charge in [-0.05, 0) is 71.2 Å². The molecule has 10 rings (SSSR count). The summed E-state index contributed by atoms with van der Waals surface area (Å²) in [7, 11) is 4.21. The Morgan fingerprint density at radius 3 is 2.43 bits per heavy atom. The van der Waals surface area contributed by atoms with Crippen LogP contribution in [0.2, 0.25) is 0 Å². The molecule has 2 aromatic heterocycles. The maximum atomic E-state index is 14.3. The molecule has 334 valence electrons. The molecule has 16 heteroatoms. The molecule has 4 aromatic carbocycles. The van der Waals surface area contributed by atoms with Crippen LogP contribution in [0.5, 0.6) is 5.75 Å². The number of imidazole rings is 2. The fourth-order valence-electron chi connectivity index (χ4n) is 9.84. The van der Waals surface area contributed by atoms with Crippen LogP contribution in [0.4, 0.5) is 9.59 Å². The number of carbonyl (C=O) groups excluding carboxylic acids is 4. The summed E-state index contributed by atoms with van der Waals surface area (Å²) in [5.74, 6) is 1.76. The van der Waals surface area contributed by atoms with E-state index in [1.54, 1.807) is 23.1 Å². The van der Waals surface area contributed by atoms with Gasteiger partial charge in [0.1, 0.15) is 36.1 Å². The molecule has 16 nitrogen and oxygen atoms in total. The lowest BCUT2D eigenvalue weighted by molar-refractivity contribution is -0.135. The molecule has 65 heavy (non-hydrogen) atoms. The second kappa shape index (κ2) is 16.7. The first-order valence-electron chi connectivity index (χ1n) is 21.9. The maximum Gasteiger partial charge on any atom is 0.407 e. The topological polar surface area (TPSA) is 193 Å². The van der Waals surface area contributed by atoms with Crippen molar-refractivity contribution in [2.24, 2.45) is 17.8 Å². The molecule has 0 unspecified atom stereocenters. The summed E-state index contributed by atoms with van der Waals surface area (Å²) in [6, 6.07) is 21.3. The van der Waals surface area contributed by atoms with Crippen molar-refractivity contribution in [2.45, 2.75) is 57.5 Å². The van der Waals surface area contributed by atoms with Crippen LogP contribution in [-0.4, -0.2) is 94.3 Å². The molecule has 2 saturated heterocycles. The van der Waals surface area contributed by atoms with Gasteiger partial charge in [-0.15, -0.1) is 0 Å². The fraction of sp³-hybridized carbons (Fsp3) is 0.347. The van der Waals surface area contributed by atoms with E-state index in [-0.39, 0.29) is 41.7 Å². The van der Waals surface area contributed by atoms with E-state index in [1.165, 1.54) is 14.2 Å². The Bertz CT molecular complexity index is 2890. The van der Waals surface area contributed by atoms with Crippen molar-refractivity contribution in [3.8, 4) is 28.1 Å². The van der Waals surface area contributed by atoms with E-state index in [9.17, 15) is 19.2 Å². The predicted octanol–water partition coefficient (Wildman–Crippen LogP) is 7.47. The number of benzene rings is 4. The largest absolute Gasteiger partial charge is 0.488 e. The van der Waals surface area contributed by atoms with E-state index in [0.717, 1.165) is 67.6 Å². The minimum Gasteiger partial charge on any atom is -0.488 e. The van der Waals surface area contributed by atoms with E-state index in [4.69, 9.17) is 28.9 Å². The second-order valence-electron chi connectivity index (χ2n) is 17.6. The standard InChI is InChI=1S/C49H50N8O8/c1-25(2)41(54-48(60)63-4)47(59)57-37-18-30(37)19-39(57)45-51-35-14-12-28-16-33-31(17-34(28)43(35)53-45)24-65-40-20-29(11-13-32(33)40)36-21-50-44(52-36)38-15-26(23-62-3)22-56(38)46(58)42(55-49(61)64-5)27-9-7-6-8-10-27/h6-14,16-18,20-21,25-26,30,38-39,41-42H,15,19,22-24H2,1-5H3,(H,50,52)(H,51,53)(H,54,60)(H,55,61)/t26-,30+,38-,39-,41-,42+/m0/s1. The van der Waals surface area contributed by atoms with Gasteiger partial charge >= 0.3 is 12.2 Å². The first-order valence-corrected chi connectivity index (χ1v) is 21.9. The zero-order chi connectivity index (χ0) is 45.1. The summed E-state index contributed by atoms with van der Waals surface area (Å²) in [6.45, 7) is 5.07. The van der Waals surface area contributed by atoms with Gasteiger partial charge in [-0.3, -0.25) is 9.59 Å². The fourth-order valence-corrected chi connectivity index (χ4v) is 9.84. The van der Waals surface area contributed by atoms with Crippen LogP contribution in [0.1, 0.15) is 67.6 Å². The van der Waals surface area contributed by atoms with Crippen LogP contribution in [-0.2, 0) is 30.4 Å². The number of carbonyl (C=O) groups is 4. The Morgan fingerprint density at radius 1 is 0.862 bits per heavy atom. The van der Waals surface area contributed by atoms with Crippen LogP contribution in [0.25, 0.3) is 44.2 Å². The van der Waals surface area contributed by atoms with Gasteiger partial charge in [0.2, 0.25) is 5.91 Å². The molecule has 2 fully saturated rings. The molecule has 0 bridgehead atoms. The van der Waals surface area contributed by atoms with Gasteiger partial charge in [0.05, 0.1) is 55.8 Å². The summed E-state index contributed by atoms with van der Waals surface area (Å²) in [5.41, 5.74) is 8.04. The Morgan fingerprint density at radius 2 is 1.66 bits per heavy atom. The highest BCUT2D eigenvalue weighted by atomic mass is 16.5. The van der Waals surface area contributed by atoms with Gasteiger partial charge in [-0.1, -0.05) is 62.4 Å². The lowest BCUT2D eigenvalue weighted by atomic mass is 9.92. The number of nitrogens with one attached hydrogen (secondary N) is 4. The van der Waals surface area contributed by atoms with Crippen molar-refractivity contribution in [3.05, 3.63) is 114 Å². The number of amides is 4. The third-order valence-electron chi connectivity index (χ3n) is 13.1. The average molecular weight is 879 g/mol. The molecule has 4 aliphatic rings. The maximum absolute atomic E-state index is 14.3. The number of fused-ring (bicyclic) bond motifs is 7. The molecule has 0 radical (unpaired) electrons. The highest BCUT2D eigenvalue weighted by molar-refractivity contribution is 6.06. The zero-order valence-corrected chi connectivity index (χ0v) is 36.7. The third kappa shape index (κ3) is 7.60. The van der Waals surface area contributed by atoms with Gasteiger partial charge in [0.25, 0.3) is 5.91 Å². The minimum atomic E-state index is -0.951. The zero-order valence-electron chi connectivity index (χ0n) is 36.7. The smallest absolute Gasteiger partial charge is 0.407 e. The molecule has 0 spiro atoms. The lowest BCUT2D eigenvalue weighted by Gasteiger charge is -2.30. The van der Waals surface area contributed by atoms with E-state index < -0.39 is 24.3 Å². The number of hydrogen-bond donors (Lipinski definition) is 4. The van der Waals surface area contributed by atoms with Crippen LogP contribution in [0.3, 0.4) is 0 Å². The number of rotatable bonds is 11. The number of ether oxygens (including phenoxy) is 4. The number of alkyl carbamates (subject to hydrolysis) is 2. The molecule has 4 amide bonds. The quantitative estimate of drug-likeness (QED) is 0.102. The molecular formula is C49H50N8O8. The first kappa shape index (κ1) is 41.8. The number of aromatic nitrogens is 4. The molecule has 4 N–H and O–H groups in total. The Labute approximate surface area is 374 Å². The lowest BCUT2D eigenvalue weighted by Crippen LogP contribution is -2.50. The van der Waals surface area contributed by atoms with E-state index >= 15 is 0 Å². The monoisotopic (exact) mass is 878 g/mol. The van der Waals surface area contributed by atoms with Crippen molar-refractivity contribution in [1.29, 1.82) is 0 Å². The van der Waals surface area contributed by atoms with E-state index in [1.807, 2.05) is 62.4 Å². The van der Waals surface area contributed by atoms with Gasteiger partial charge in [-0.2, -0.15) is 0 Å². The van der Waals surface area contributed by atoms with Crippen molar-refractivity contribution in [2.75, 3.05) is 34.5 Å². The number of allylic oxidation sites excluding steroid dienone is 2. The predicted molar refractivity (Wildman–Crippen MR) is 240 cm³/mol. The van der Waals surface area contributed by atoms with Crippen LogP contribution < -0.4 is 15.4 Å². The van der Waals surface area contributed by atoms with E-state index in [2.05, 4.69) is 50.9 Å². The van der Waals surface area contributed by atoms with Gasteiger partial charge in [-0.25, -0.2) is 19.6 Å². The SMILES string of the molecule is COC[C@H]1C[C@@H](c2ncc(-c3ccc4c(c3)OCc3cc5c(ccc6nc([C@@H]7C[C@H]8C=C8N7C(=O)[C@@H](NC(=O)OC)C(C)C)[nH]c65)cc3-4)[nH]2)N(C(=O)[C@H](NC(=O)OC)c2ccccc2)C1. The average Bonchev–Trinajstić information content (AvgIpc) is 3.79. The minimum absolute atomic E-state index is 0.0642.